The van der Waals surface area contributed by atoms with Crippen LogP contribution in [0.4, 0.5) is 0 Å². The van der Waals surface area contributed by atoms with E-state index in [1.54, 1.807) is 0 Å². The monoisotopic (exact) mass is 258 g/mol. The van der Waals surface area contributed by atoms with E-state index in [1.165, 1.54) is 0 Å². The molecule has 0 aliphatic carbocycles. The van der Waals surface area contributed by atoms with Gasteiger partial charge < -0.3 is 21.3 Å². The Kier molecular flexibility index (Phi) is 6.45. The molecule has 0 aromatic heterocycles. The molecule has 2 atom stereocenters. The summed E-state index contributed by atoms with van der Waals surface area (Å²) in [4.78, 5) is 14.9. The van der Waals surface area contributed by atoms with E-state index >= 15 is 0 Å². The van der Waals surface area contributed by atoms with Crippen molar-refractivity contribution >= 4 is 11.9 Å². The van der Waals surface area contributed by atoms with Crippen LogP contribution in [0.1, 0.15) is 32.1 Å². The van der Waals surface area contributed by atoms with E-state index in [1.807, 2.05) is 0 Å². The molecule has 7 heteroatoms. The van der Waals surface area contributed by atoms with Crippen molar-refractivity contribution in [2.75, 3.05) is 13.2 Å². The zero-order valence-corrected chi connectivity index (χ0v) is 10.5. The SMILES string of the molecule is NC(N)=NCCC[C@H](NC1CCCCO1)C(=O)O. The molecule has 1 heterocycles. The van der Waals surface area contributed by atoms with Crippen LogP contribution >= 0.6 is 0 Å². The molecule has 1 saturated heterocycles. The molecule has 0 aromatic carbocycles. The van der Waals surface area contributed by atoms with Crippen LogP contribution in [0.2, 0.25) is 0 Å². The van der Waals surface area contributed by atoms with E-state index in [0.717, 1.165) is 19.3 Å². The number of guanidine groups is 1. The Balaban J connectivity index is 2.30. The standard InChI is InChI=1S/C11H22N4O3/c12-11(13)14-6-3-4-8(10(16)17)15-9-5-1-2-7-18-9/h8-9,15H,1-7H2,(H,16,17)(H4,12,13,14)/t8-,9?/m0/s1. The number of ether oxygens (including phenoxy) is 1. The van der Waals surface area contributed by atoms with Crippen molar-refractivity contribution in [1.29, 1.82) is 0 Å². The number of aliphatic imine (C=N–C) groups is 1. The van der Waals surface area contributed by atoms with Gasteiger partial charge in [-0.05, 0) is 32.1 Å². The molecule has 1 rings (SSSR count). The number of nitrogens with two attached hydrogens (primary N) is 2. The summed E-state index contributed by atoms with van der Waals surface area (Å²) in [6.45, 7) is 1.14. The Hall–Kier alpha value is -1.34. The second-order valence-electron chi connectivity index (χ2n) is 4.36. The summed E-state index contributed by atoms with van der Waals surface area (Å²) in [6, 6.07) is -0.609. The molecular weight excluding hydrogens is 236 g/mol. The van der Waals surface area contributed by atoms with Crippen molar-refractivity contribution < 1.29 is 14.6 Å². The van der Waals surface area contributed by atoms with Gasteiger partial charge in [-0.1, -0.05) is 0 Å². The van der Waals surface area contributed by atoms with Crippen molar-refractivity contribution in [3.05, 3.63) is 0 Å². The summed E-state index contributed by atoms with van der Waals surface area (Å²) in [6.07, 6.45) is 3.92. The number of nitrogens with zero attached hydrogens (tertiary/aromatic N) is 1. The van der Waals surface area contributed by atoms with Crippen LogP contribution in [0.3, 0.4) is 0 Å². The molecule has 7 nitrogen and oxygen atoms in total. The lowest BCUT2D eigenvalue weighted by Gasteiger charge is -2.26. The molecule has 6 N–H and O–H groups in total. The smallest absolute Gasteiger partial charge is 0.320 e. The number of rotatable bonds is 7. The summed E-state index contributed by atoms with van der Waals surface area (Å²) in [7, 11) is 0. The van der Waals surface area contributed by atoms with Gasteiger partial charge in [-0.15, -0.1) is 0 Å². The summed E-state index contributed by atoms with van der Waals surface area (Å²) in [5.74, 6) is -0.834. The van der Waals surface area contributed by atoms with Crippen LogP contribution in [-0.4, -0.2) is 42.5 Å². The molecule has 0 bridgehead atoms. The minimum Gasteiger partial charge on any atom is -0.480 e. The maximum absolute atomic E-state index is 11.1. The molecule has 0 amide bonds. The predicted molar refractivity (Wildman–Crippen MR) is 68.1 cm³/mol. The van der Waals surface area contributed by atoms with Crippen LogP contribution in [0.5, 0.6) is 0 Å². The van der Waals surface area contributed by atoms with Gasteiger partial charge in [-0.25, -0.2) is 0 Å². The first kappa shape index (κ1) is 14.7. The fourth-order valence-electron chi connectivity index (χ4n) is 1.88. The largest absolute Gasteiger partial charge is 0.480 e. The Bertz CT molecular complexity index is 286. The van der Waals surface area contributed by atoms with Gasteiger partial charge in [-0.2, -0.15) is 0 Å². The predicted octanol–water partition coefficient (Wildman–Crippen LogP) is -0.391. The van der Waals surface area contributed by atoms with E-state index in [2.05, 4.69) is 10.3 Å². The molecule has 1 aliphatic heterocycles. The van der Waals surface area contributed by atoms with Gasteiger partial charge in [0.2, 0.25) is 0 Å². The molecule has 104 valence electrons. The van der Waals surface area contributed by atoms with Crippen LogP contribution < -0.4 is 16.8 Å². The van der Waals surface area contributed by atoms with Crippen LogP contribution in [0, 0.1) is 0 Å². The fourth-order valence-corrected chi connectivity index (χ4v) is 1.88. The zero-order chi connectivity index (χ0) is 13.4. The van der Waals surface area contributed by atoms with Crippen molar-refractivity contribution in [1.82, 2.24) is 5.32 Å². The average Bonchev–Trinajstić information content (AvgIpc) is 2.33. The lowest BCUT2D eigenvalue weighted by atomic mass is 10.1. The Morgan fingerprint density at radius 2 is 2.28 bits per heavy atom. The first-order valence-corrected chi connectivity index (χ1v) is 6.25. The van der Waals surface area contributed by atoms with Crippen LogP contribution in [0.25, 0.3) is 0 Å². The average molecular weight is 258 g/mol. The molecule has 0 aromatic rings. The second-order valence-corrected chi connectivity index (χ2v) is 4.36. The molecule has 0 radical (unpaired) electrons. The molecule has 18 heavy (non-hydrogen) atoms. The maximum atomic E-state index is 11.1. The highest BCUT2D eigenvalue weighted by molar-refractivity contribution is 5.75. The summed E-state index contributed by atoms with van der Waals surface area (Å²) >= 11 is 0. The van der Waals surface area contributed by atoms with Crippen molar-refractivity contribution in [2.24, 2.45) is 16.5 Å². The van der Waals surface area contributed by atoms with Crippen LogP contribution in [0.15, 0.2) is 4.99 Å². The fraction of sp³-hybridized carbons (Fsp3) is 0.818. The third-order valence-corrected chi connectivity index (χ3v) is 2.81. The van der Waals surface area contributed by atoms with E-state index in [-0.39, 0.29) is 12.2 Å². The quantitative estimate of drug-likeness (QED) is 0.280. The summed E-state index contributed by atoms with van der Waals surface area (Å²) in [5, 5.41) is 12.1. The van der Waals surface area contributed by atoms with Gasteiger partial charge in [0.15, 0.2) is 5.96 Å². The third kappa shape index (κ3) is 5.83. The lowest BCUT2D eigenvalue weighted by Crippen LogP contribution is -2.45. The second kappa shape index (κ2) is 7.88. The van der Waals surface area contributed by atoms with E-state index in [9.17, 15) is 4.79 Å². The van der Waals surface area contributed by atoms with Crippen molar-refractivity contribution in [3.8, 4) is 0 Å². The molecule has 0 saturated carbocycles. The minimum absolute atomic E-state index is 0.0328. The number of aliphatic carboxylic acids is 1. The minimum atomic E-state index is -0.867. The van der Waals surface area contributed by atoms with Gasteiger partial charge in [0, 0.05) is 13.2 Å². The Morgan fingerprint density at radius 1 is 1.50 bits per heavy atom. The molecule has 1 aliphatic rings. The van der Waals surface area contributed by atoms with Crippen molar-refractivity contribution in [3.63, 3.8) is 0 Å². The zero-order valence-electron chi connectivity index (χ0n) is 10.5. The highest BCUT2D eigenvalue weighted by Gasteiger charge is 2.22. The number of hydrogen-bond donors (Lipinski definition) is 4. The van der Waals surface area contributed by atoms with Gasteiger partial charge in [0.05, 0.1) is 0 Å². The Morgan fingerprint density at radius 3 is 2.83 bits per heavy atom. The van der Waals surface area contributed by atoms with Gasteiger partial charge >= 0.3 is 5.97 Å². The highest BCUT2D eigenvalue weighted by Crippen LogP contribution is 2.12. The summed E-state index contributed by atoms with van der Waals surface area (Å²) in [5.41, 5.74) is 10.4. The number of nitrogens with one attached hydrogen (secondary N) is 1. The first-order valence-electron chi connectivity index (χ1n) is 6.25. The number of carbonyl (C=O) groups is 1. The van der Waals surface area contributed by atoms with Gasteiger partial charge in [0.25, 0.3) is 0 Å². The molecule has 1 unspecified atom stereocenters. The summed E-state index contributed by atoms with van der Waals surface area (Å²) < 4.78 is 5.46. The molecule has 0 spiro atoms. The lowest BCUT2D eigenvalue weighted by molar-refractivity contribution is -0.141. The molecule has 1 fully saturated rings. The van der Waals surface area contributed by atoms with Gasteiger partial charge in [0.1, 0.15) is 12.3 Å². The molecular formula is C11H22N4O3. The van der Waals surface area contributed by atoms with Crippen LogP contribution in [-0.2, 0) is 9.53 Å². The van der Waals surface area contributed by atoms with E-state index in [0.29, 0.717) is 26.0 Å². The normalized spacial score (nSPS) is 21.2. The number of carboxylic acids is 1. The topological polar surface area (TPSA) is 123 Å². The third-order valence-electron chi connectivity index (χ3n) is 2.81. The van der Waals surface area contributed by atoms with E-state index < -0.39 is 12.0 Å². The maximum Gasteiger partial charge on any atom is 0.320 e. The van der Waals surface area contributed by atoms with Crippen molar-refractivity contribution in [2.45, 2.75) is 44.4 Å². The highest BCUT2D eigenvalue weighted by atomic mass is 16.5. The van der Waals surface area contributed by atoms with Gasteiger partial charge in [-0.3, -0.25) is 15.1 Å². The first-order chi connectivity index (χ1) is 8.59. The Labute approximate surface area is 107 Å². The number of hydrogen-bond acceptors (Lipinski definition) is 4. The number of carboxylic acid groups (broad SMARTS) is 1. The van der Waals surface area contributed by atoms with E-state index in [4.69, 9.17) is 21.3 Å².